The second-order valence-corrected chi connectivity index (χ2v) is 2.50. The van der Waals surface area contributed by atoms with E-state index in [9.17, 15) is 0 Å². The number of aromatic amines is 1. The molecule has 0 spiro atoms. The lowest BCUT2D eigenvalue weighted by Gasteiger charge is -2.00. The van der Waals surface area contributed by atoms with Crippen LogP contribution in [0.1, 0.15) is 0 Å². The van der Waals surface area contributed by atoms with Crippen LogP contribution in [0.4, 0.5) is 0 Å². The van der Waals surface area contributed by atoms with Crippen LogP contribution in [0.2, 0.25) is 0 Å². The highest BCUT2D eigenvalue weighted by Gasteiger charge is 1.96. The lowest BCUT2D eigenvalue weighted by Crippen LogP contribution is -1.98. The average molecular weight is 161 g/mol. The lowest BCUT2D eigenvalue weighted by molar-refractivity contribution is 0.454. The van der Waals surface area contributed by atoms with Gasteiger partial charge in [0.25, 0.3) is 0 Å². The molecular weight excluding hydrogens is 153 g/mol. The van der Waals surface area contributed by atoms with E-state index in [-0.39, 0.29) is 7.69 Å². The molecule has 0 saturated heterocycles. The van der Waals surface area contributed by atoms with Crippen LogP contribution in [0.3, 0.4) is 0 Å². The summed E-state index contributed by atoms with van der Waals surface area (Å²) in [6.45, 7) is 0. The van der Waals surface area contributed by atoms with Crippen molar-refractivity contribution in [1.29, 1.82) is 0 Å². The van der Waals surface area contributed by atoms with Crippen molar-refractivity contribution < 1.29 is 9.68 Å². The van der Waals surface area contributed by atoms with Gasteiger partial charge in [-0.25, -0.2) is 0 Å². The second-order valence-electron chi connectivity index (χ2n) is 2.50. The van der Waals surface area contributed by atoms with E-state index in [4.69, 9.17) is 9.68 Å². The zero-order chi connectivity index (χ0) is 8.39. The molecule has 0 unspecified atom stereocenters. The molecule has 0 aliphatic carbocycles. The normalized spacial score (nSPS) is 10.1. The van der Waals surface area contributed by atoms with Crippen molar-refractivity contribution in [2.45, 2.75) is 0 Å². The summed E-state index contributed by atoms with van der Waals surface area (Å²) in [5.41, 5.74) is 1.07. The Bertz CT molecular complexity index is 385. The van der Waals surface area contributed by atoms with Crippen LogP contribution in [0.5, 0.6) is 5.75 Å². The number of benzene rings is 1. The monoisotopic (exact) mass is 161 g/mol. The summed E-state index contributed by atoms with van der Waals surface area (Å²) >= 11 is 0. The molecule has 0 atom stereocenters. The van der Waals surface area contributed by atoms with E-state index in [0.717, 1.165) is 10.9 Å². The summed E-state index contributed by atoms with van der Waals surface area (Å²) in [5, 5.41) is 9.60. The Morgan fingerprint density at radius 2 is 2.25 bits per heavy atom. The molecule has 3 nitrogen and oxygen atoms in total. The smallest absolute Gasteiger partial charge is 0.504 e. The number of nitrogens with one attached hydrogen (secondary N) is 1. The molecule has 4 heteroatoms. The Morgan fingerprint density at radius 1 is 1.33 bits per heavy atom. The van der Waals surface area contributed by atoms with Gasteiger partial charge in [0.2, 0.25) is 0 Å². The highest BCUT2D eigenvalue weighted by Crippen LogP contribution is 2.18. The minimum atomic E-state index is -0.282. The van der Waals surface area contributed by atoms with Crippen LogP contribution in [-0.2, 0) is 0 Å². The number of rotatable bonds is 2. The van der Waals surface area contributed by atoms with Gasteiger partial charge in [0, 0.05) is 17.1 Å². The van der Waals surface area contributed by atoms with E-state index >= 15 is 0 Å². The molecular formula is C8H8BNO2. The van der Waals surface area contributed by atoms with Crippen molar-refractivity contribution in [3.8, 4) is 5.75 Å². The van der Waals surface area contributed by atoms with Crippen molar-refractivity contribution in [1.82, 2.24) is 4.98 Å². The summed E-state index contributed by atoms with van der Waals surface area (Å²) in [7, 11) is -0.282. The number of aromatic nitrogens is 1. The molecule has 0 bridgehead atoms. The summed E-state index contributed by atoms with van der Waals surface area (Å²) in [6.07, 6.45) is 1.87. The fourth-order valence-corrected chi connectivity index (χ4v) is 1.20. The van der Waals surface area contributed by atoms with Crippen molar-refractivity contribution in [3.63, 3.8) is 0 Å². The maximum absolute atomic E-state index is 8.51. The van der Waals surface area contributed by atoms with Crippen molar-refractivity contribution in [3.05, 3.63) is 30.5 Å². The van der Waals surface area contributed by atoms with E-state index < -0.39 is 0 Å². The number of hydrogen-bond donors (Lipinski definition) is 2. The lowest BCUT2D eigenvalue weighted by atomic mass is 10.2. The molecule has 2 N–H and O–H groups in total. The van der Waals surface area contributed by atoms with Crippen molar-refractivity contribution in [2.24, 2.45) is 0 Å². The van der Waals surface area contributed by atoms with Crippen LogP contribution in [0.25, 0.3) is 10.9 Å². The first-order valence-corrected chi connectivity index (χ1v) is 3.71. The average Bonchev–Trinajstić information content (AvgIpc) is 2.51. The van der Waals surface area contributed by atoms with E-state index in [1.165, 1.54) is 0 Å². The fraction of sp³-hybridized carbons (Fsp3) is 0. The van der Waals surface area contributed by atoms with Crippen molar-refractivity contribution >= 4 is 18.6 Å². The zero-order valence-corrected chi connectivity index (χ0v) is 6.45. The minimum Gasteiger partial charge on any atom is -0.539 e. The van der Waals surface area contributed by atoms with E-state index in [2.05, 4.69) is 4.98 Å². The molecule has 2 rings (SSSR count). The van der Waals surface area contributed by atoms with Gasteiger partial charge in [-0.3, -0.25) is 0 Å². The third-order valence-corrected chi connectivity index (χ3v) is 1.76. The molecule has 1 heterocycles. The molecule has 60 valence electrons. The third kappa shape index (κ3) is 1.17. The summed E-state index contributed by atoms with van der Waals surface area (Å²) in [4.78, 5) is 3.07. The first kappa shape index (κ1) is 7.25. The first-order chi connectivity index (χ1) is 5.90. The van der Waals surface area contributed by atoms with Gasteiger partial charge in [-0.2, -0.15) is 0 Å². The first-order valence-electron chi connectivity index (χ1n) is 3.71. The van der Waals surface area contributed by atoms with Gasteiger partial charge in [-0.05, 0) is 24.3 Å². The zero-order valence-electron chi connectivity index (χ0n) is 6.45. The Balaban J connectivity index is 2.46. The van der Waals surface area contributed by atoms with E-state index in [0.29, 0.717) is 5.75 Å². The molecule has 0 saturated carbocycles. The van der Waals surface area contributed by atoms with Gasteiger partial charge in [-0.1, -0.05) is 0 Å². The van der Waals surface area contributed by atoms with Gasteiger partial charge < -0.3 is 14.7 Å². The van der Waals surface area contributed by atoms with Crippen LogP contribution in [-0.4, -0.2) is 17.7 Å². The Labute approximate surface area is 70.3 Å². The van der Waals surface area contributed by atoms with Gasteiger partial charge in [0.1, 0.15) is 5.75 Å². The molecule has 0 amide bonds. The molecule has 0 aliphatic heterocycles. The second kappa shape index (κ2) is 2.91. The Morgan fingerprint density at radius 3 is 3.08 bits per heavy atom. The SMILES string of the molecule is OBOc1ccc2[nH]ccc2c1. The van der Waals surface area contributed by atoms with Gasteiger partial charge in [0.05, 0.1) is 0 Å². The number of hydrogen-bond acceptors (Lipinski definition) is 2. The third-order valence-electron chi connectivity index (χ3n) is 1.76. The minimum absolute atomic E-state index is 0.282. The highest BCUT2D eigenvalue weighted by atomic mass is 16.5. The molecule has 0 radical (unpaired) electrons. The van der Waals surface area contributed by atoms with Crippen LogP contribution < -0.4 is 4.65 Å². The maximum Gasteiger partial charge on any atom is 0.504 e. The highest BCUT2D eigenvalue weighted by molar-refractivity contribution is 6.17. The Kier molecular flexibility index (Phi) is 1.76. The number of H-pyrrole nitrogens is 1. The van der Waals surface area contributed by atoms with Gasteiger partial charge >= 0.3 is 7.69 Å². The summed E-state index contributed by atoms with van der Waals surface area (Å²) < 4.78 is 4.92. The van der Waals surface area contributed by atoms with Crippen molar-refractivity contribution in [2.75, 3.05) is 0 Å². The Hall–Kier alpha value is -1.42. The van der Waals surface area contributed by atoms with Crippen LogP contribution >= 0.6 is 0 Å². The molecule has 0 aliphatic rings. The largest absolute Gasteiger partial charge is 0.539 e. The predicted molar refractivity (Wildman–Crippen MR) is 48.3 cm³/mol. The fourth-order valence-electron chi connectivity index (χ4n) is 1.20. The quantitative estimate of drug-likeness (QED) is 0.640. The van der Waals surface area contributed by atoms with E-state index in [1.54, 1.807) is 0 Å². The maximum atomic E-state index is 8.51. The molecule has 1 aromatic carbocycles. The van der Waals surface area contributed by atoms with Gasteiger partial charge in [-0.15, -0.1) is 0 Å². The molecule has 12 heavy (non-hydrogen) atoms. The topological polar surface area (TPSA) is 45.2 Å². The van der Waals surface area contributed by atoms with Gasteiger partial charge in [0.15, 0.2) is 0 Å². The standard InChI is InChI=1S/C8H8BNO2/c11-9-12-7-1-2-8-6(5-7)3-4-10-8/h1-5,9-11H. The summed E-state index contributed by atoms with van der Waals surface area (Å²) in [5.74, 6) is 0.685. The number of fused-ring (bicyclic) bond motifs is 1. The molecule has 2 aromatic rings. The van der Waals surface area contributed by atoms with Crippen LogP contribution in [0.15, 0.2) is 30.5 Å². The van der Waals surface area contributed by atoms with Crippen LogP contribution in [0, 0.1) is 0 Å². The molecule has 0 fully saturated rings. The summed E-state index contributed by atoms with van der Waals surface area (Å²) in [6, 6.07) is 7.57. The van der Waals surface area contributed by atoms with E-state index in [1.807, 2.05) is 30.5 Å². The predicted octanol–water partition coefficient (Wildman–Crippen LogP) is 0.805. The molecule has 1 aromatic heterocycles.